The number of urea groups is 1. The summed E-state index contributed by atoms with van der Waals surface area (Å²) in [7, 11) is 0. The lowest BCUT2D eigenvalue weighted by atomic mass is 10.1. The van der Waals surface area contributed by atoms with Gasteiger partial charge >= 0.3 is 12.0 Å². The van der Waals surface area contributed by atoms with Crippen molar-refractivity contribution < 1.29 is 14.7 Å². The van der Waals surface area contributed by atoms with E-state index in [1.54, 1.807) is 0 Å². The van der Waals surface area contributed by atoms with Gasteiger partial charge in [0.1, 0.15) is 12.2 Å². The Hall–Kier alpha value is -2.12. The Morgan fingerprint density at radius 1 is 1.56 bits per heavy atom. The summed E-state index contributed by atoms with van der Waals surface area (Å²) >= 11 is 0. The zero-order chi connectivity index (χ0) is 13.0. The van der Waals surface area contributed by atoms with Gasteiger partial charge in [-0.1, -0.05) is 0 Å². The molecule has 1 unspecified atom stereocenters. The Morgan fingerprint density at radius 3 is 2.89 bits per heavy atom. The maximum Gasteiger partial charge on any atom is 0.315 e. The summed E-state index contributed by atoms with van der Waals surface area (Å²) in [6.45, 7) is 0.232. The highest BCUT2D eigenvalue weighted by molar-refractivity contribution is 5.75. The molecule has 0 aromatic carbocycles. The van der Waals surface area contributed by atoms with Crippen LogP contribution in [0.5, 0.6) is 0 Å². The molecule has 1 saturated carbocycles. The standard InChI is InChI=1S/C10H15N5O3/c16-9(17)3-7(6-1-2-6)14-10(18)11-4-8-12-5-13-15-8/h5-7H,1-4H2,(H,16,17)(H2,11,14,18)(H,12,13,15). The topological polar surface area (TPSA) is 120 Å². The molecule has 4 N–H and O–H groups in total. The lowest BCUT2D eigenvalue weighted by molar-refractivity contribution is -0.137. The van der Waals surface area contributed by atoms with E-state index in [2.05, 4.69) is 25.8 Å². The van der Waals surface area contributed by atoms with Gasteiger partial charge in [-0.2, -0.15) is 5.10 Å². The number of hydrogen-bond acceptors (Lipinski definition) is 4. The molecule has 1 aromatic rings. The van der Waals surface area contributed by atoms with Crippen molar-refractivity contribution in [1.82, 2.24) is 25.8 Å². The molecule has 0 saturated heterocycles. The number of carboxylic acids is 1. The maximum atomic E-state index is 11.6. The van der Waals surface area contributed by atoms with E-state index in [9.17, 15) is 9.59 Å². The number of aliphatic carboxylic acids is 1. The van der Waals surface area contributed by atoms with Crippen molar-refractivity contribution in [1.29, 1.82) is 0 Å². The first-order valence-corrected chi connectivity index (χ1v) is 5.75. The fourth-order valence-electron chi connectivity index (χ4n) is 1.72. The van der Waals surface area contributed by atoms with Crippen LogP contribution < -0.4 is 10.6 Å². The number of nitrogens with zero attached hydrogens (tertiary/aromatic N) is 2. The van der Waals surface area contributed by atoms with E-state index < -0.39 is 5.97 Å². The van der Waals surface area contributed by atoms with Gasteiger partial charge in [-0.25, -0.2) is 9.78 Å². The normalized spacial score (nSPS) is 16.0. The summed E-state index contributed by atoms with van der Waals surface area (Å²) in [5.74, 6) is -0.0640. The van der Waals surface area contributed by atoms with E-state index in [0.29, 0.717) is 5.82 Å². The largest absolute Gasteiger partial charge is 0.481 e. The average molecular weight is 253 g/mol. The summed E-state index contributed by atoms with van der Waals surface area (Å²) in [6.07, 6.45) is 3.26. The van der Waals surface area contributed by atoms with Crippen molar-refractivity contribution in [2.75, 3.05) is 0 Å². The van der Waals surface area contributed by atoms with Crippen molar-refractivity contribution >= 4 is 12.0 Å². The molecule has 0 radical (unpaired) electrons. The van der Waals surface area contributed by atoms with Gasteiger partial charge < -0.3 is 15.7 Å². The lowest BCUT2D eigenvalue weighted by Gasteiger charge is -2.16. The van der Waals surface area contributed by atoms with Crippen molar-refractivity contribution in [3.05, 3.63) is 12.2 Å². The molecule has 0 aliphatic heterocycles. The number of carbonyl (C=O) groups is 2. The van der Waals surface area contributed by atoms with Crippen LogP contribution in [0.25, 0.3) is 0 Å². The molecule has 98 valence electrons. The number of aromatic amines is 1. The second-order valence-electron chi connectivity index (χ2n) is 4.30. The van der Waals surface area contributed by atoms with Crippen molar-refractivity contribution in [3.63, 3.8) is 0 Å². The molecule has 1 aromatic heterocycles. The third-order valence-electron chi connectivity index (χ3n) is 2.78. The van der Waals surface area contributed by atoms with E-state index >= 15 is 0 Å². The molecule has 2 rings (SSSR count). The van der Waals surface area contributed by atoms with Gasteiger partial charge in [0.25, 0.3) is 0 Å². The van der Waals surface area contributed by atoms with Gasteiger partial charge in [0, 0.05) is 6.04 Å². The van der Waals surface area contributed by atoms with Crippen LogP contribution in [-0.4, -0.2) is 38.3 Å². The molecule has 1 heterocycles. The number of amides is 2. The number of aromatic nitrogens is 3. The predicted octanol–water partition coefficient (Wildman–Crippen LogP) is -0.143. The molecule has 8 heteroatoms. The molecule has 1 aliphatic rings. The molecule has 8 nitrogen and oxygen atoms in total. The van der Waals surface area contributed by atoms with Crippen LogP contribution in [0.4, 0.5) is 4.79 Å². The minimum atomic E-state index is -0.901. The summed E-state index contributed by atoms with van der Waals surface area (Å²) in [5, 5.41) is 20.3. The van der Waals surface area contributed by atoms with Gasteiger partial charge in [0.2, 0.25) is 0 Å². The lowest BCUT2D eigenvalue weighted by Crippen LogP contribution is -2.44. The van der Waals surface area contributed by atoms with E-state index in [1.807, 2.05) is 0 Å². The van der Waals surface area contributed by atoms with Crippen LogP contribution in [0.3, 0.4) is 0 Å². The van der Waals surface area contributed by atoms with Crippen LogP contribution >= 0.6 is 0 Å². The molecule has 18 heavy (non-hydrogen) atoms. The van der Waals surface area contributed by atoms with Crippen molar-refractivity contribution in [3.8, 4) is 0 Å². The highest BCUT2D eigenvalue weighted by Gasteiger charge is 2.33. The first-order chi connectivity index (χ1) is 8.65. The number of rotatable bonds is 6. The summed E-state index contributed by atoms with van der Waals surface area (Å²) < 4.78 is 0. The summed E-state index contributed by atoms with van der Waals surface area (Å²) in [5.41, 5.74) is 0. The first kappa shape index (κ1) is 12.3. The third kappa shape index (κ3) is 3.72. The van der Waals surface area contributed by atoms with E-state index in [0.717, 1.165) is 12.8 Å². The van der Waals surface area contributed by atoms with Crippen molar-refractivity contribution in [2.24, 2.45) is 5.92 Å². The fourth-order valence-corrected chi connectivity index (χ4v) is 1.72. The predicted molar refractivity (Wildman–Crippen MR) is 60.5 cm³/mol. The zero-order valence-corrected chi connectivity index (χ0v) is 9.72. The summed E-state index contributed by atoms with van der Waals surface area (Å²) in [6, 6.07) is -0.679. The van der Waals surface area contributed by atoms with Gasteiger partial charge in [0.15, 0.2) is 0 Å². The molecular formula is C10H15N5O3. The minimum Gasteiger partial charge on any atom is -0.481 e. The average Bonchev–Trinajstić information content (AvgIpc) is 3.02. The van der Waals surface area contributed by atoms with Gasteiger partial charge in [-0.05, 0) is 18.8 Å². The number of H-pyrrole nitrogens is 1. The maximum absolute atomic E-state index is 11.6. The van der Waals surface area contributed by atoms with Crippen LogP contribution in [0.1, 0.15) is 25.1 Å². The van der Waals surface area contributed by atoms with Crippen LogP contribution in [0.2, 0.25) is 0 Å². The first-order valence-electron chi connectivity index (χ1n) is 5.75. The Balaban J connectivity index is 1.76. The number of hydrogen-bond donors (Lipinski definition) is 4. The molecule has 0 bridgehead atoms. The van der Waals surface area contributed by atoms with Crippen molar-refractivity contribution in [2.45, 2.75) is 31.8 Å². The van der Waals surface area contributed by atoms with E-state index in [1.165, 1.54) is 6.33 Å². The van der Waals surface area contributed by atoms with Crippen LogP contribution in [0, 0.1) is 5.92 Å². The monoisotopic (exact) mass is 253 g/mol. The highest BCUT2D eigenvalue weighted by atomic mass is 16.4. The van der Waals surface area contributed by atoms with E-state index in [4.69, 9.17) is 5.11 Å². The Kier molecular flexibility index (Phi) is 3.75. The molecule has 1 atom stereocenters. The van der Waals surface area contributed by atoms with Gasteiger partial charge in [-0.15, -0.1) is 0 Å². The van der Waals surface area contributed by atoms with Gasteiger partial charge in [-0.3, -0.25) is 9.89 Å². The molecule has 0 spiro atoms. The second-order valence-corrected chi connectivity index (χ2v) is 4.30. The third-order valence-corrected chi connectivity index (χ3v) is 2.78. The Morgan fingerprint density at radius 2 is 2.33 bits per heavy atom. The molecule has 1 fully saturated rings. The Labute approximate surface area is 103 Å². The number of carbonyl (C=O) groups excluding carboxylic acids is 1. The molecule has 1 aliphatic carbocycles. The smallest absolute Gasteiger partial charge is 0.315 e. The minimum absolute atomic E-state index is 0.0413. The SMILES string of the molecule is O=C(O)CC(NC(=O)NCc1ncn[nH]1)C1CC1. The quantitative estimate of drug-likeness (QED) is 0.562. The number of nitrogens with one attached hydrogen (secondary N) is 3. The second kappa shape index (κ2) is 5.48. The number of carboxylic acid groups (broad SMARTS) is 1. The molecular weight excluding hydrogens is 238 g/mol. The Bertz CT molecular complexity index is 415. The highest BCUT2D eigenvalue weighted by Crippen LogP contribution is 2.33. The van der Waals surface area contributed by atoms with Crippen LogP contribution in [-0.2, 0) is 11.3 Å². The molecule has 2 amide bonds. The summed E-state index contributed by atoms with van der Waals surface area (Å²) in [4.78, 5) is 26.1. The van der Waals surface area contributed by atoms with Crippen LogP contribution in [0.15, 0.2) is 6.33 Å². The van der Waals surface area contributed by atoms with E-state index in [-0.39, 0.29) is 31.0 Å². The fraction of sp³-hybridized carbons (Fsp3) is 0.600. The zero-order valence-electron chi connectivity index (χ0n) is 9.72. The van der Waals surface area contributed by atoms with Gasteiger partial charge in [0.05, 0.1) is 13.0 Å².